The summed E-state index contributed by atoms with van der Waals surface area (Å²) in [5.41, 5.74) is 14.3. The van der Waals surface area contributed by atoms with E-state index in [2.05, 4.69) is 244 Å². The zero-order valence-electron chi connectivity index (χ0n) is 34.7. The average molecular weight is 773 g/mol. The van der Waals surface area contributed by atoms with Gasteiger partial charge in [-0.3, -0.25) is 0 Å². The summed E-state index contributed by atoms with van der Waals surface area (Å²) in [4.78, 5) is 4.91. The van der Waals surface area contributed by atoms with Crippen molar-refractivity contribution in [2.75, 3.05) is 9.80 Å². The fourth-order valence-corrected chi connectivity index (χ4v) is 9.07. The van der Waals surface area contributed by atoms with E-state index in [4.69, 9.17) is 0 Å². The third kappa shape index (κ3) is 6.55. The minimum atomic E-state index is 0.443. The van der Waals surface area contributed by atoms with Crippen LogP contribution < -0.4 is 9.80 Å². The van der Waals surface area contributed by atoms with E-state index in [1.165, 1.54) is 65.7 Å². The SMILES string of the molecule is CC(C)c1ccc(N(c2ccccc2)c2cc3c(-c4ccccc4)cc(N(c4ccccc4)c4ccc(C(C)C)cc4)c4ccc5c(-c6ccccc6)ccc2c5c34)cc1. The molecule has 290 valence electrons. The minimum absolute atomic E-state index is 0.443. The van der Waals surface area contributed by atoms with Crippen molar-refractivity contribution in [2.24, 2.45) is 0 Å². The van der Waals surface area contributed by atoms with Gasteiger partial charge in [0.25, 0.3) is 0 Å². The van der Waals surface area contributed by atoms with E-state index in [0.717, 1.165) is 34.1 Å². The molecule has 0 unspecified atom stereocenters. The molecule has 0 N–H and O–H groups in total. The van der Waals surface area contributed by atoms with Crippen molar-refractivity contribution < 1.29 is 0 Å². The molecule has 0 fully saturated rings. The second kappa shape index (κ2) is 15.5. The van der Waals surface area contributed by atoms with Gasteiger partial charge in [-0.2, -0.15) is 0 Å². The maximum absolute atomic E-state index is 2.46. The second-order valence-corrected chi connectivity index (χ2v) is 16.5. The Kier molecular flexibility index (Phi) is 9.62. The zero-order valence-corrected chi connectivity index (χ0v) is 34.7. The van der Waals surface area contributed by atoms with Gasteiger partial charge in [-0.25, -0.2) is 0 Å². The smallest absolute Gasteiger partial charge is 0.0546 e. The predicted molar refractivity (Wildman–Crippen MR) is 259 cm³/mol. The highest BCUT2D eigenvalue weighted by atomic mass is 15.2. The first-order chi connectivity index (χ1) is 29.4. The molecule has 0 spiro atoms. The topological polar surface area (TPSA) is 6.48 Å². The minimum Gasteiger partial charge on any atom is -0.310 e. The largest absolute Gasteiger partial charge is 0.310 e. The summed E-state index contributed by atoms with van der Waals surface area (Å²) < 4.78 is 0. The van der Waals surface area contributed by atoms with Gasteiger partial charge in [0.2, 0.25) is 0 Å². The van der Waals surface area contributed by atoms with Crippen molar-refractivity contribution in [3.63, 3.8) is 0 Å². The summed E-state index contributed by atoms with van der Waals surface area (Å²) in [6.45, 7) is 9.04. The molecule has 0 amide bonds. The van der Waals surface area contributed by atoms with Crippen LogP contribution in [0.3, 0.4) is 0 Å². The van der Waals surface area contributed by atoms with Crippen LogP contribution >= 0.6 is 0 Å². The average Bonchev–Trinajstić information content (AvgIpc) is 3.30. The van der Waals surface area contributed by atoms with Crippen LogP contribution in [0.2, 0.25) is 0 Å². The van der Waals surface area contributed by atoms with Gasteiger partial charge in [0.15, 0.2) is 0 Å². The van der Waals surface area contributed by atoms with Crippen molar-refractivity contribution >= 4 is 66.4 Å². The van der Waals surface area contributed by atoms with E-state index in [9.17, 15) is 0 Å². The normalized spacial score (nSPS) is 11.6. The van der Waals surface area contributed by atoms with Gasteiger partial charge in [-0.05, 0) is 117 Å². The fourth-order valence-electron chi connectivity index (χ4n) is 9.07. The zero-order chi connectivity index (χ0) is 40.7. The van der Waals surface area contributed by atoms with Crippen LogP contribution in [0.15, 0.2) is 206 Å². The van der Waals surface area contributed by atoms with Crippen LogP contribution in [-0.2, 0) is 0 Å². The van der Waals surface area contributed by atoms with Gasteiger partial charge in [0.05, 0.1) is 11.4 Å². The van der Waals surface area contributed by atoms with Gasteiger partial charge >= 0.3 is 0 Å². The Morgan fingerprint density at radius 1 is 0.300 bits per heavy atom. The molecule has 0 aromatic heterocycles. The summed E-state index contributed by atoms with van der Waals surface area (Å²) in [6.07, 6.45) is 0. The van der Waals surface area contributed by atoms with Crippen LogP contribution in [0.4, 0.5) is 34.1 Å². The molecule has 0 heterocycles. The number of hydrogen-bond acceptors (Lipinski definition) is 2. The number of nitrogens with zero attached hydrogens (tertiary/aromatic N) is 2. The van der Waals surface area contributed by atoms with Crippen LogP contribution in [0.5, 0.6) is 0 Å². The molecule has 0 saturated heterocycles. The summed E-state index contributed by atoms with van der Waals surface area (Å²) in [5, 5.41) is 7.42. The van der Waals surface area contributed by atoms with E-state index in [0.29, 0.717) is 11.8 Å². The van der Waals surface area contributed by atoms with Crippen LogP contribution in [-0.4, -0.2) is 0 Å². The number of anilines is 6. The highest BCUT2D eigenvalue weighted by molar-refractivity contribution is 6.33. The van der Waals surface area contributed by atoms with Crippen LogP contribution in [0, 0.1) is 0 Å². The Bertz CT molecular complexity index is 3040. The van der Waals surface area contributed by atoms with Crippen molar-refractivity contribution in [2.45, 2.75) is 39.5 Å². The lowest BCUT2D eigenvalue weighted by molar-refractivity contribution is 0.866. The first kappa shape index (κ1) is 37.1. The maximum Gasteiger partial charge on any atom is 0.0546 e. The number of rotatable bonds is 10. The molecule has 2 heteroatoms. The summed E-state index contributed by atoms with van der Waals surface area (Å²) >= 11 is 0. The number of hydrogen-bond donors (Lipinski definition) is 0. The van der Waals surface area contributed by atoms with Crippen molar-refractivity contribution in [1.82, 2.24) is 0 Å². The highest BCUT2D eigenvalue weighted by Crippen LogP contribution is 2.52. The first-order valence-corrected chi connectivity index (χ1v) is 21.2. The molecule has 10 aromatic carbocycles. The van der Waals surface area contributed by atoms with E-state index < -0.39 is 0 Å². The Morgan fingerprint density at radius 2 is 0.667 bits per heavy atom. The van der Waals surface area contributed by atoms with Gasteiger partial charge < -0.3 is 9.80 Å². The Hall–Kier alpha value is -7.16. The molecule has 60 heavy (non-hydrogen) atoms. The molecule has 0 bridgehead atoms. The molecule has 0 aliphatic heterocycles. The first-order valence-electron chi connectivity index (χ1n) is 21.2. The predicted octanol–water partition coefficient (Wildman–Crippen LogP) is 17.1. The van der Waals surface area contributed by atoms with Crippen LogP contribution in [0.1, 0.15) is 50.7 Å². The molecule has 10 aromatic rings. The van der Waals surface area contributed by atoms with Crippen molar-refractivity contribution in [1.29, 1.82) is 0 Å². The van der Waals surface area contributed by atoms with Gasteiger partial charge in [0, 0.05) is 44.3 Å². The van der Waals surface area contributed by atoms with E-state index >= 15 is 0 Å². The highest BCUT2D eigenvalue weighted by Gasteiger charge is 2.26. The second-order valence-electron chi connectivity index (χ2n) is 16.5. The van der Waals surface area contributed by atoms with Gasteiger partial charge in [-0.1, -0.05) is 173 Å². The third-order valence-electron chi connectivity index (χ3n) is 12.2. The lowest BCUT2D eigenvalue weighted by Gasteiger charge is -2.31. The molecule has 0 atom stereocenters. The molecule has 0 aliphatic rings. The van der Waals surface area contributed by atoms with Crippen molar-refractivity contribution in [3.05, 3.63) is 217 Å². The standard InChI is InChI=1S/C58H48N2/c1-39(2)41-25-29-47(30-26-41)59(45-21-13-7-14-22-45)55-37-53(44-19-11-6-12-20-44)54-38-56(60(46-23-15-8-16-24-46)48-31-27-42(28-32-48)40(3)4)51-35-33-49(43-17-9-5-10-18-43)50-34-36-52(55)58(54)57(50)51/h5-40H,1-4H3. The lowest BCUT2D eigenvalue weighted by atomic mass is 9.85. The third-order valence-corrected chi connectivity index (χ3v) is 12.2. The van der Waals surface area contributed by atoms with E-state index in [-0.39, 0.29) is 0 Å². The molecule has 0 radical (unpaired) electrons. The Morgan fingerprint density at radius 3 is 1.13 bits per heavy atom. The van der Waals surface area contributed by atoms with E-state index in [1.807, 2.05) is 0 Å². The number of benzene rings is 10. The fraction of sp³-hybridized carbons (Fsp3) is 0.103. The molecular weight excluding hydrogens is 725 g/mol. The van der Waals surface area contributed by atoms with Crippen LogP contribution in [0.25, 0.3) is 54.6 Å². The Balaban J connectivity index is 1.36. The molecule has 0 saturated carbocycles. The molecular formula is C58H48N2. The maximum atomic E-state index is 2.46. The van der Waals surface area contributed by atoms with Crippen molar-refractivity contribution in [3.8, 4) is 22.3 Å². The van der Waals surface area contributed by atoms with Gasteiger partial charge in [-0.15, -0.1) is 0 Å². The van der Waals surface area contributed by atoms with Gasteiger partial charge in [0.1, 0.15) is 0 Å². The quantitative estimate of drug-likeness (QED) is 0.128. The molecule has 10 rings (SSSR count). The number of para-hydroxylation sites is 2. The molecule has 2 nitrogen and oxygen atoms in total. The molecule has 0 aliphatic carbocycles. The monoisotopic (exact) mass is 772 g/mol. The Labute approximate surface area is 354 Å². The van der Waals surface area contributed by atoms with E-state index in [1.54, 1.807) is 0 Å². The summed E-state index contributed by atoms with van der Waals surface area (Å²) in [6, 6.07) is 76.1. The summed E-state index contributed by atoms with van der Waals surface area (Å²) in [5.74, 6) is 0.888. The lowest BCUT2D eigenvalue weighted by Crippen LogP contribution is -2.12. The summed E-state index contributed by atoms with van der Waals surface area (Å²) in [7, 11) is 0.